The Balaban J connectivity index is 2.34. The molecule has 1 rings (SSSR count). The summed E-state index contributed by atoms with van der Waals surface area (Å²) < 4.78 is 11.2. The smallest absolute Gasteiger partial charge is 0.177 e. The molecule has 2 nitrogen and oxygen atoms in total. The molecular weight excluding hydrogens is 200 g/mol. The first-order chi connectivity index (χ1) is 7.58. The molecule has 1 aliphatic rings. The van der Waals surface area contributed by atoms with Gasteiger partial charge in [-0.15, -0.1) is 0 Å². The average molecular weight is 224 g/mol. The molecule has 0 spiro atoms. The van der Waals surface area contributed by atoms with Crippen molar-refractivity contribution in [2.24, 2.45) is 0 Å². The zero-order valence-corrected chi connectivity index (χ0v) is 11.0. The van der Waals surface area contributed by atoms with E-state index < -0.39 is 0 Å². The largest absolute Gasteiger partial charge is 0.349 e. The molecule has 1 aliphatic heterocycles. The Morgan fingerprint density at radius 1 is 1.31 bits per heavy atom. The Hall–Kier alpha value is -0.600. The van der Waals surface area contributed by atoms with E-state index in [-0.39, 0.29) is 6.29 Å². The van der Waals surface area contributed by atoms with Crippen molar-refractivity contribution in [1.29, 1.82) is 0 Å². The van der Waals surface area contributed by atoms with E-state index in [2.05, 4.69) is 39.8 Å². The van der Waals surface area contributed by atoms with Crippen LogP contribution >= 0.6 is 0 Å². The summed E-state index contributed by atoms with van der Waals surface area (Å²) in [6, 6.07) is 0. The van der Waals surface area contributed by atoms with Crippen molar-refractivity contribution in [1.82, 2.24) is 0 Å². The Kier molecular flexibility index (Phi) is 5.78. The van der Waals surface area contributed by atoms with Gasteiger partial charge in [-0.3, -0.25) is 0 Å². The van der Waals surface area contributed by atoms with Crippen LogP contribution in [0.15, 0.2) is 23.3 Å². The topological polar surface area (TPSA) is 18.5 Å². The fourth-order valence-electron chi connectivity index (χ4n) is 1.68. The van der Waals surface area contributed by atoms with Crippen LogP contribution in [-0.2, 0) is 9.47 Å². The van der Waals surface area contributed by atoms with Crippen LogP contribution in [0, 0.1) is 0 Å². The van der Waals surface area contributed by atoms with Crippen molar-refractivity contribution in [3.8, 4) is 0 Å². The highest BCUT2D eigenvalue weighted by molar-refractivity contribution is 5.03. The van der Waals surface area contributed by atoms with Crippen LogP contribution in [0.25, 0.3) is 0 Å². The van der Waals surface area contributed by atoms with Gasteiger partial charge in [-0.25, -0.2) is 0 Å². The molecule has 16 heavy (non-hydrogen) atoms. The molecule has 0 aliphatic carbocycles. The van der Waals surface area contributed by atoms with E-state index in [1.54, 1.807) is 0 Å². The molecule has 92 valence electrons. The molecule has 1 saturated heterocycles. The normalized spacial score (nSPS) is 26.6. The SMILES string of the molecule is CC(C)=CCC/C(C)=C\[C@H]1OCC[C@H](C)O1. The maximum Gasteiger partial charge on any atom is 0.177 e. The summed E-state index contributed by atoms with van der Waals surface area (Å²) in [5, 5.41) is 0. The second-order valence-corrected chi connectivity index (χ2v) is 4.81. The highest BCUT2D eigenvalue weighted by atomic mass is 16.7. The maximum atomic E-state index is 5.67. The Bertz CT molecular complexity index is 262. The highest BCUT2D eigenvalue weighted by Gasteiger charge is 2.17. The van der Waals surface area contributed by atoms with Crippen LogP contribution in [-0.4, -0.2) is 19.0 Å². The third-order valence-corrected chi connectivity index (χ3v) is 2.68. The molecule has 0 aromatic rings. The van der Waals surface area contributed by atoms with Gasteiger partial charge in [-0.1, -0.05) is 17.2 Å². The average Bonchev–Trinajstić information content (AvgIpc) is 2.16. The van der Waals surface area contributed by atoms with Crippen LogP contribution < -0.4 is 0 Å². The van der Waals surface area contributed by atoms with Crippen LogP contribution in [0.5, 0.6) is 0 Å². The van der Waals surface area contributed by atoms with E-state index in [1.165, 1.54) is 11.1 Å². The monoisotopic (exact) mass is 224 g/mol. The van der Waals surface area contributed by atoms with E-state index >= 15 is 0 Å². The second-order valence-electron chi connectivity index (χ2n) is 4.81. The van der Waals surface area contributed by atoms with Gasteiger partial charge in [0.05, 0.1) is 12.7 Å². The Morgan fingerprint density at radius 2 is 2.06 bits per heavy atom. The van der Waals surface area contributed by atoms with Crippen molar-refractivity contribution < 1.29 is 9.47 Å². The van der Waals surface area contributed by atoms with Gasteiger partial charge in [0.1, 0.15) is 0 Å². The molecule has 0 aromatic heterocycles. The van der Waals surface area contributed by atoms with E-state index in [1.807, 2.05) is 0 Å². The van der Waals surface area contributed by atoms with Crippen molar-refractivity contribution in [3.05, 3.63) is 23.3 Å². The predicted molar refractivity (Wildman–Crippen MR) is 67.3 cm³/mol. The first kappa shape index (κ1) is 13.5. The van der Waals surface area contributed by atoms with E-state index in [0.717, 1.165) is 25.9 Å². The van der Waals surface area contributed by atoms with Gasteiger partial charge < -0.3 is 9.47 Å². The van der Waals surface area contributed by atoms with Crippen LogP contribution in [0.1, 0.15) is 47.0 Å². The molecule has 0 amide bonds. The van der Waals surface area contributed by atoms with Gasteiger partial charge in [0.15, 0.2) is 6.29 Å². The molecule has 2 atom stereocenters. The molecule has 0 aromatic carbocycles. The highest BCUT2D eigenvalue weighted by Crippen LogP contribution is 2.16. The summed E-state index contributed by atoms with van der Waals surface area (Å²) >= 11 is 0. The van der Waals surface area contributed by atoms with Crippen LogP contribution in [0.4, 0.5) is 0 Å². The van der Waals surface area contributed by atoms with E-state index in [0.29, 0.717) is 6.10 Å². The zero-order valence-electron chi connectivity index (χ0n) is 11.0. The van der Waals surface area contributed by atoms with Crippen LogP contribution in [0.2, 0.25) is 0 Å². The lowest BCUT2D eigenvalue weighted by atomic mass is 10.1. The number of rotatable bonds is 4. The van der Waals surface area contributed by atoms with Crippen molar-refractivity contribution >= 4 is 0 Å². The predicted octanol–water partition coefficient (Wildman–Crippen LogP) is 3.83. The van der Waals surface area contributed by atoms with Crippen molar-refractivity contribution in [3.63, 3.8) is 0 Å². The molecule has 0 radical (unpaired) electrons. The quantitative estimate of drug-likeness (QED) is 0.676. The lowest BCUT2D eigenvalue weighted by Gasteiger charge is -2.26. The lowest BCUT2D eigenvalue weighted by molar-refractivity contribution is -0.181. The maximum absolute atomic E-state index is 5.67. The molecule has 0 saturated carbocycles. The van der Waals surface area contributed by atoms with Gasteiger partial charge in [0.25, 0.3) is 0 Å². The Morgan fingerprint density at radius 3 is 2.69 bits per heavy atom. The summed E-state index contributed by atoms with van der Waals surface area (Å²) in [7, 11) is 0. The number of ether oxygens (including phenoxy) is 2. The van der Waals surface area contributed by atoms with Gasteiger partial charge in [-0.05, 0) is 53.0 Å². The molecule has 2 heteroatoms. The summed E-state index contributed by atoms with van der Waals surface area (Å²) in [6.45, 7) is 9.32. The zero-order chi connectivity index (χ0) is 12.0. The molecule has 0 bridgehead atoms. The molecule has 0 unspecified atom stereocenters. The number of hydrogen-bond acceptors (Lipinski definition) is 2. The molecule has 0 N–H and O–H groups in total. The number of allylic oxidation sites excluding steroid dienone is 3. The fourth-order valence-corrected chi connectivity index (χ4v) is 1.68. The van der Waals surface area contributed by atoms with Gasteiger partial charge in [0, 0.05) is 0 Å². The minimum absolute atomic E-state index is 0.129. The number of hydrogen-bond donors (Lipinski definition) is 0. The Labute approximate surface area is 99.3 Å². The summed E-state index contributed by atoms with van der Waals surface area (Å²) in [5.74, 6) is 0. The van der Waals surface area contributed by atoms with Crippen molar-refractivity contribution in [2.45, 2.75) is 59.4 Å². The minimum atomic E-state index is -0.129. The third kappa shape index (κ3) is 5.47. The first-order valence-electron chi connectivity index (χ1n) is 6.15. The van der Waals surface area contributed by atoms with E-state index in [9.17, 15) is 0 Å². The molecule has 1 fully saturated rings. The standard InChI is InChI=1S/C14H24O2/c1-11(2)6-5-7-12(3)10-14-15-9-8-13(4)16-14/h6,10,13-14H,5,7-9H2,1-4H3/b12-10-/t13-,14-/m0/s1. The first-order valence-corrected chi connectivity index (χ1v) is 6.15. The third-order valence-electron chi connectivity index (χ3n) is 2.68. The van der Waals surface area contributed by atoms with Gasteiger partial charge in [0.2, 0.25) is 0 Å². The summed E-state index contributed by atoms with van der Waals surface area (Å²) in [4.78, 5) is 0. The van der Waals surface area contributed by atoms with Gasteiger partial charge in [-0.2, -0.15) is 0 Å². The minimum Gasteiger partial charge on any atom is -0.349 e. The second kappa shape index (κ2) is 6.87. The molecular formula is C14H24O2. The van der Waals surface area contributed by atoms with E-state index in [4.69, 9.17) is 9.47 Å². The summed E-state index contributed by atoms with van der Waals surface area (Å²) in [5.41, 5.74) is 2.73. The van der Waals surface area contributed by atoms with Gasteiger partial charge >= 0.3 is 0 Å². The lowest BCUT2D eigenvalue weighted by Crippen LogP contribution is -2.29. The molecule has 1 heterocycles. The van der Waals surface area contributed by atoms with Crippen LogP contribution in [0.3, 0.4) is 0 Å². The van der Waals surface area contributed by atoms with Crippen molar-refractivity contribution in [2.75, 3.05) is 6.61 Å². The summed E-state index contributed by atoms with van der Waals surface area (Å²) in [6.07, 6.45) is 7.75. The fraction of sp³-hybridized carbons (Fsp3) is 0.714.